The van der Waals surface area contributed by atoms with E-state index in [4.69, 9.17) is 5.73 Å². The minimum atomic E-state index is -5.25. The molecule has 1 heterocycles. The van der Waals surface area contributed by atoms with Crippen LogP contribution in [-0.2, 0) is 45.6 Å². The Morgan fingerprint density at radius 2 is 1.45 bits per heavy atom. The molecule has 0 spiro atoms. The van der Waals surface area contributed by atoms with Gasteiger partial charge in [0.05, 0.1) is 38.0 Å². The highest BCUT2D eigenvalue weighted by Crippen LogP contribution is 2.40. The Kier molecular flexibility index (Phi) is 15.4. The van der Waals surface area contributed by atoms with Crippen LogP contribution in [0, 0.1) is 17.8 Å². The van der Waals surface area contributed by atoms with Crippen molar-refractivity contribution in [1.29, 1.82) is 0 Å². The number of likely N-dealkylation sites (tertiary alicyclic amines) is 1. The van der Waals surface area contributed by atoms with Crippen molar-refractivity contribution in [2.45, 2.75) is 88.2 Å². The number of rotatable bonds is 18. The minimum Gasteiger partial charge on any atom is -0.744 e. The Labute approximate surface area is 390 Å². The standard InChI is InChI=1S/C48H56N6O11S2/c1-27(2)45(57)51-30(5)48(60)54-21-12-19-38(54)47(59)53-36(24-31-13-7-6-8-14-31)28(3)23-29(4)46(58)50-20-22-66(61,62)33-16-11-15-32(25-33)52-37-26-39(67(63,64)65)42(49)41-40(37)43(55)34-17-9-10-18-35(34)44(41)56/h6-11,13-18,25-30,36,38,52H,12,19-24,49H2,1-5H3,(H,50,58)(H,51,57)(H,53,59)(H,63,64,65)/p-1. The van der Waals surface area contributed by atoms with Crippen molar-refractivity contribution in [2.24, 2.45) is 17.8 Å². The highest BCUT2D eigenvalue weighted by atomic mass is 32.2. The molecular formula is C48H55N6O11S2-. The van der Waals surface area contributed by atoms with Gasteiger partial charge in [0.15, 0.2) is 21.4 Å². The fourth-order valence-electron chi connectivity index (χ4n) is 8.49. The van der Waals surface area contributed by atoms with Gasteiger partial charge in [-0.05, 0) is 68.4 Å². The largest absolute Gasteiger partial charge is 0.744 e. The van der Waals surface area contributed by atoms with Gasteiger partial charge in [-0.15, -0.1) is 0 Å². The lowest BCUT2D eigenvalue weighted by Gasteiger charge is -2.31. The third-order valence-electron chi connectivity index (χ3n) is 12.2. The van der Waals surface area contributed by atoms with Gasteiger partial charge in [0.1, 0.15) is 22.2 Å². The number of carbonyl (C=O) groups excluding carboxylic acids is 6. The highest BCUT2D eigenvalue weighted by molar-refractivity contribution is 7.91. The number of carbonyl (C=O) groups is 6. The van der Waals surface area contributed by atoms with Crippen molar-refractivity contribution in [3.63, 3.8) is 0 Å². The molecule has 1 aliphatic carbocycles. The summed E-state index contributed by atoms with van der Waals surface area (Å²) in [6.45, 7) is 8.80. The molecule has 2 aliphatic rings. The van der Waals surface area contributed by atoms with E-state index in [1.54, 1.807) is 33.8 Å². The Morgan fingerprint density at radius 1 is 0.806 bits per heavy atom. The van der Waals surface area contributed by atoms with E-state index in [-0.39, 0.29) is 69.1 Å². The Morgan fingerprint density at radius 3 is 2.09 bits per heavy atom. The van der Waals surface area contributed by atoms with E-state index in [1.807, 2.05) is 37.3 Å². The normalized spacial score (nSPS) is 16.6. The Balaban J connectivity index is 1.11. The summed E-state index contributed by atoms with van der Waals surface area (Å²) in [7, 11) is -9.31. The van der Waals surface area contributed by atoms with Crippen LogP contribution >= 0.6 is 0 Å². The van der Waals surface area contributed by atoms with Crippen molar-refractivity contribution in [3.05, 3.63) is 113 Å². The van der Waals surface area contributed by atoms with Crippen LogP contribution < -0.4 is 27.0 Å². The van der Waals surface area contributed by atoms with Gasteiger partial charge < -0.3 is 36.5 Å². The number of ketones is 2. The zero-order valence-corrected chi connectivity index (χ0v) is 39.5. The van der Waals surface area contributed by atoms with E-state index >= 15 is 0 Å². The lowest BCUT2D eigenvalue weighted by molar-refractivity contribution is -0.141. The number of fused-ring (bicyclic) bond motifs is 2. The van der Waals surface area contributed by atoms with E-state index in [0.717, 1.165) is 11.6 Å². The quantitative estimate of drug-likeness (QED) is 0.0612. The molecule has 1 saturated heterocycles. The second kappa shape index (κ2) is 20.6. The van der Waals surface area contributed by atoms with Crippen LogP contribution in [0.25, 0.3) is 0 Å². The lowest BCUT2D eigenvalue weighted by atomic mass is 9.82. The maximum absolute atomic E-state index is 13.9. The van der Waals surface area contributed by atoms with E-state index in [1.165, 1.54) is 47.4 Å². The third kappa shape index (κ3) is 11.4. The fraction of sp³-hybridized carbons (Fsp3) is 0.375. The predicted octanol–water partition coefficient (Wildman–Crippen LogP) is 4.12. The number of benzene rings is 4. The fourth-order valence-corrected chi connectivity index (χ4v) is 10.3. The molecule has 5 atom stereocenters. The van der Waals surface area contributed by atoms with Crippen molar-refractivity contribution in [1.82, 2.24) is 20.9 Å². The van der Waals surface area contributed by atoms with E-state index in [9.17, 15) is 50.2 Å². The molecule has 1 aliphatic heterocycles. The molecule has 6 N–H and O–H groups in total. The number of hydrogen-bond donors (Lipinski definition) is 5. The summed E-state index contributed by atoms with van der Waals surface area (Å²) in [5.41, 5.74) is 5.40. The lowest BCUT2D eigenvalue weighted by Crippen LogP contribution is -2.55. The number of anilines is 3. The number of sulfone groups is 1. The first-order valence-corrected chi connectivity index (χ1v) is 25.1. The van der Waals surface area contributed by atoms with E-state index in [0.29, 0.717) is 32.2 Å². The maximum Gasteiger partial charge on any atom is 0.245 e. The molecule has 0 bridgehead atoms. The van der Waals surface area contributed by atoms with Gasteiger partial charge in [-0.1, -0.05) is 88.4 Å². The van der Waals surface area contributed by atoms with Gasteiger partial charge in [-0.3, -0.25) is 28.8 Å². The summed E-state index contributed by atoms with van der Waals surface area (Å²) in [5.74, 6) is -4.46. The molecule has 67 heavy (non-hydrogen) atoms. The molecule has 19 heteroatoms. The van der Waals surface area contributed by atoms with Crippen LogP contribution in [-0.4, -0.2) is 98.5 Å². The van der Waals surface area contributed by atoms with Crippen LogP contribution in [0.1, 0.15) is 91.3 Å². The molecule has 1 fully saturated rings. The number of amides is 4. The molecule has 0 radical (unpaired) electrons. The van der Waals surface area contributed by atoms with Crippen LogP contribution in [0.3, 0.4) is 0 Å². The molecule has 5 unspecified atom stereocenters. The van der Waals surface area contributed by atoms with Gasteiger partial charge in [-0.2, -0.15) is 0 Å². The maximum atomic E-state index is 13.9. The second-order valence-corrected chi connectivity index (χ2v) is 21.0. The molecule has 0 aromatic heterocycles. The van der Waals surface area contributed by atoms with Crippen molar-refractivity contribution < 1.29 is 50.2 Å². The summed E-state index contributed by atoms with van der Waals surface area (Å²) in [6, 6.07) is 19.6. The summed E-state index contributed by atoms with van der Waals surface area (Å²) < 4.78 is 64.0. The zero-order valence-electron chi connectivity index (χ0n) is 37.8. The molecule has 6 rings (SSSR count). The summed E-state index contributed by atoms with van der Waals surface area (Å²) >= 11 is 0. The summed E-state index contributed by atoms with van der Waals surface area (Å²) in [4.78, 5) is 80.7. The molecule has 356 valence electrons. The van der Waals surface area contributed by atoms with Crippen LogP contribution in [0.5, 0.6) is 0 Å². The van der Waals surface area contributed by atoms with Crippen LogP contribution in [0.2, 0.25) is 0 Å². The van der Waals surface area contributed by atoms with E-state index in [2.05, 4.69) is 21.3 Å². The molecular weight excluding hydrogens is 901 g/mol. The zero-order chi connectivity index (χ0) is 49.0. The molecule has 0 saturated carbocycles. The van der Waals surface area contributed by atoms with Crippen molar-refractivity contribution >= 4 is 72.2 Å². The van der Waals surface area contributed by atoms with Gasteiger partial charge in [0.25, 0.3) is 0 Å². The van der Waals surface area contributed by atoms with Gasteiger partial charge in [-0.25, -0.2) is 16.8 Å². The highest BCUT2D eigenvalue weighted by Gasteiger charge is 2.39. The molecule has 4 aromatic rings. The molecule has 17 nitrogen and oxygen atoms in total. The van der Waals surface area contributed by atoms with Crippen LogP contribution in [0.15, 0.2) is 94.7 Å². The van der Waals surface area contributed by atoms with Gasteiger partial charge >= 0.3 is 0 Å². The van der Waals surface area contributed by atoms with Gasteiger partial charge in [0.2, 0.25) is 23.6 Å². The number of nitrogens with one attached hydrogen (secondary N) is 4. The smallest absolute Gasteiger partial charge is 0.245 e. The average molecular weight is 956 g/mol. The molecule has 4 aromatic carbocycles. The van der Waals surface area contributed by atoms with Crippen molar-refractivity contribution in [2.75, 3.05) is 29.9 Å². The minimum absolute atomic E-state index is 0.0262. The van der Waals surface area contributed by atoms with Crippen molar-refractivity contribution in [3.8, 4) is 0 Å². The number of nitrogen functional groups attached to an aromatic ring is 1. The molecule has 4 amide bonds. The predicted molar refractivity (Wildman–Crippen MR) is 249 cm³/mol. The first kappa shape index (κ1) is 50.0. The number of nitrogens with zero attached hydrogens (tertiary/aromatic N) is 1. The number of hydrogen-bond acceptors (Lipinski definition) is 13. The van der Waals surface area contributed by atoms with Crippen LogP contribution in [0.4, 0.5) is 17.1 Å². The topological polar surface area (TPSA) is 271 Å². The first-order valence-electron chi connectivity index (χ1n) is 22.0. The number of nitrogens with two attached hydrogens (primary N) is 1. The SMILES string of the molecule is CC(C)C(=O)NC(C)C(=O)N1CCCC1C(=O)NC(Cc1ccccc1)C(C)CC(C)C(=O)NCCS(=O)(=O)c1cccc(Nc2cc(S(=O)(=O)[O-])c(N)c3c2C(=O)c2ccccc2C3=O)c1. The Bertz CT molecular complexity index is 2820. The average Bonchev–Trinajstić information content (AvgIpc) is 3.78. The summed E-state index contributed by atoms with van der Waals surface area (Å²) in [6.07, 6.45) is 1.83. The Hall–Kier alpha value is -6.44. The first-order chi connectivity index (χ1) is 31.6. The second-order valence-electron chi connectivity index (χ2n) is 17.5. The monoisotopic (exact) mass is 955 g/mol. The van der Waals surface area contributed by atoms with Gasteiger partial charge in [0, 0.05) is 47.8 Å². The third-order valence-corrected chi connectivity index (χ3v) is 14.8. The van der Waals surface area contributed by atoms with E-state index < -0.39 is 83.4 Å². The summed E-state index contributed by atoms with van der Waals surface area (Å²) in [5, 5.41) is 11.4.